The minimum Gasteiger partial charge on any atom is -0.493 e. The highest BCUT2D eigenvalue weighted by molar-refractivity contribution is 7.11. The van der Waals surface area contributed by atoms with Gasteiger partial charge in [-0.2, -0.15) is 0 Å². The van der Waals surface area contributed by atoms with E-state index in [4.69, 9.17) is 4.74 Å². The number of amides is 1. The molecule has 0 fully saturated rings. The molecule has 0 aliphatic carbocycles. The van der Waals surface area contributed by atoms with Crippen molar-refractivity contribution in [1.29, 1.82) is 0 Å². The van der Waals surface area contributed by atoms with Gasteiger partial charge in [-0.3, -0.25) is 10.1 Å². The van der Waals surface area contributed by atoms with Crippen molar-refractivity contribution in [1.82, 2.24) is 10.6 Å². The first-order chi connectivity index (χ1) is 12.8. The summed E-state index contributed by atoms with van der Waals surface area (Å²) in [6.07, 6.45) is 0.794. The molecule has 0 saturated heterocycles. The normalized spacial score (nSPS) is 16.1. The Labute approximate surface area is 160 Å². The summed E-state index contributed by atoms with van der Waals surface area (Å²) < 4.78 is 5.67. The summed E-state index contributed by atoms with van der Waals surface area (Å²) in [5.41, 5.74) is 1.06. The van der Waals surface area contributed by atoms with Crippen molar-refractivity contribution in [3.63, 3.8) is 0 Å². The number of nitrogens with one attached hydrogen (secondary N) is 2. The van der Waals surface area contributed by atoms with Crippen LogP contribution in [-0.2, 0) is 4.79 Å². The molecule has 134 valence electrons. The minimum absolute atomic E-state index is 0.00446. The van der Waals surface area contributed by atoms with E-state index in [0.29, 0.717) is 6.61 Å². The van der Waals surface area contributed by atoms with Crippen LogP contribution in [0.25, 0.3) is 0 Å². The Morgan fingerprint density at radius 3 is 2.50 bits per heavy atom. The fraction of sp³-hybridized carbons (Fsp3) is 0.250. The summed E-state index contributed by atoms with van der Waals surface area (Å²) in [6.45, 7) is 0.905. The van der Waals surface area contributed by atoms with Crippen molar-refractivity contribution < 1.29 is 9.53 Å². The Hall–Kier alpha value is -2.15. The van der Waals surface area contributed by atoms with Gasteiger partial charge in [0.25, 0.3) is 0 Å². The monoisotopic (exact) mass is 384 g/mol. The topological polar surface area (TPSA) is 50.4 Å². The van der Waals surface area contributed by atoms with E-state index in [1.165, 1.54) is 9.75 Å². The van der Waals surface area contributed by atoms with E-state index in [2.05, 4.69) is 33.5 Å². The quantitative estimate of drug-likeness (QED) is 0.672. The summed E-state index contributed by atoms with van der Waals surface area (Å²) in [6, 6.07) is 16.3. The average molecular weight is 385 g/mol. The fourth-order valence-electron chi connectivity index (χ4n) is 3.18. The lowest BCUT2D eigenvalue weighted by molar-refractivity contribution is -0.121. The lowest BCUT2D eigenvalue weighted by atomic mass is 10.0. The Morgan fingerprint density at radius 2 is 1.81 bits per heavy atom. The van der Waals surface area contributed by atoms with Crippen molar-refractivity contribution in [2.75, 3.05) is 13.2 Å². The Kier molecular flexibility index (Phi) is 5.34. The van der Waals surface area contributed by atoms with Gasteiger partial charge in [0.05, 0.1) is 25.2 Å². The van der Waals surface area contributed by atoms with Crippen LogP contribution in [-0.4, -0.2) is 19.1 Å². The molecule has 4 rings (SSSR count). The summed E-state index contributed by atoms with van der Waals surface area (Å²) in [7, 11) is 0. The first-order valence-corrected chi connectivity index (χ1v) is 10.4. The predicted octanol–water partition coefficient (Wildman–Crippen LogP) is 4.13. The molecule has 3 heterocycles. The van der Waals surface area contributed by atoms with Crippen LogP contribution in [0.4, 0.5) is 0 Å². The molecule has 1 atom stereocenters. The maximum atomic E-state index is 12.6. The van der Waals surface area contributed by atoms with Crippen molar-refractivity contribution in [2.24, 2.45) is 0 Å². The lowest BCUT2D eigenvalue weighted by Crippen LogP contribution is -2.39. The molecule has 0 radical (unpaired) electrons. The summed E-state index contributed by atoms with van der Waals surface area (Å²) in [5.74, 6) is 0.872. The molecule has 6 heteroatoms. The molecule has 1 aliphatic rings. The Bertz CT molecular complexity index is 812. The molecule has 0 saturated carbocycles. The average Bonchev–Trinajstić information content (AvgIpc) is 3.37. The third-order valence-electron chi connectivity index (χ3n) is 4.42. The minimum atomic E-state index is 0.00446. The zero-order valence-corrected chi connectivity index (χ0v) is 15.8. The van der Waals surface area contributed by atoms with Crippen LogP contribution in [0.5, 0.6) is 5.75 Å². The highest BCUT2D eigenvalue weighted by atomic mass is 32.1. The molecule has 2 N–H and O–H groups in total. The molecule has 2 aromatic heterocycles. The molecule has 0 bridgehead atoms. The zero-order chi connectivity index (χ0) is 17.8. The first-order valence-electron chi connectivity index (χ1n) is 8.62. The third-order valence-corrected chi connectivity index (χ3v) is 6.29. The largest absolute Gasteiger partial charge is 0.493 e. The lowest BCUT2D eigenvalue weighted by Gasteiger charge is -2.27. The third kappa shape index (κ3) is 3.82. The second-order valence-electron chi connectivity index (χ2n) is 6.14. The number of ether oxygens (including phenoxy) is 1. The predicted molar refractivity (Wildman–Crippen MR) is 106 cm³/mol. The number of carbonyl (C=O) groups excluding carboxylic acids is 1. The van der Waals surface area contributed by atoms with E-state index in [-0.39, 0.29) is 24.5 Å². The number of hydrogen-bond donors (Lipinski definition) is 2. The molecule has 26 heavy (non-hydrogen) atoms. The van der Waals surface area contributed by atoms with E-state index in [1.54, 1.807) is 22.7 Å². The van der Waals surface area contributed by atoms with E-state index >= 15 is 0 Å². The van der Waals surface area contributed by atoms with Crippen molar-refractivity contribution in [3.8, 4) is 5.75 Å². The van der Waals surface area contributed by atoms with Gasteiger partial charge in [0.1, 0.15) is 5.75 Å². The van der Waals surface area contributed by atoms with E-state index in [9.17, 15) is 4.79 Å². The molecule has 3 aromatic rings. The van der Waals surface area contributed by atoms with Crippen LogP contribution in [0.3, 0.4) is 0 Å². The smallest absolute Gasteiger partial charge is 0.234 e. The van der Waals surface area contributed by atoms with Crippen LogP contribution < -0.4 is 15.4 Å². The molecular formula is C20H20N2O2S2. The van der Waals surface area contributed by atoms with Gasteiger partial charge in [-0.25, -0.2) is 0 Å². The highest BCUT2D eigenvalue weighted by Crippen LogP contribution is 2.32. The number of fused-ring (bicyclic) bond motifs is 1. The molecule has 0 spiro atoms. The molecule has 1 aliphatic heterocycles. The number of para-hydroxylation sites is 1. The SMILES string of the molecule is O=C(CNC(c1cccs1)c1cccs1)NC1CCOc2ccccc21. The van der Waals surface area contributed by atoms with Gasteiger partial charge in [-0.1, -0.05) is 30.3 Å². The standard InChI is InChI=1S/C20H20N2O2S2/c23-19(22-15-9-10-24-16-6-2-1-5-14(15)16)13-21-20(17-7-3-11-25-17)18-8-4-12-26-18/h1-8,11-12,15,20-21H,9-10,13H2,(H,22,23). The van der Waals surface area contributed by atoms with Gasteiger partial charge in [0, 0.05) is 21.7 Å². The van der Waals surface area contributed by atoms with Crippen LogP contribution in [0.15, 0.2) is 59.3 Å². The molecular weight excluding hydrogens is 364 g/mol. The van der Waals surface area contributed by atoms with Crippen molar-refractivity contribution in [2.45, 2.75) is 18.5 Å². The Morgan fingerprint density at radius 1 is 1.08 bits per heavy atom. The maximum Gasteiger partial charge on any atom is 0.234 e. The fourth-order valence-corrected chi connectivity index (χ4v) is 4.89. The van der Waals surface area contributed by atoms with Crippen molar-refractivity contribution >= 4 is 28.6 Å². The molecule has 1 amide bonds. The summed E-state index contributed by atoms with van der Waals surface area (Å²) in [4.78, 5) is 15.0. The number of benzene rings is 1. The van der Waals surface area contributed by atoms with Gasteiger partial charge >= 0.3 is 0 Å². The van der Waals surface area contributed by atoms with Crippen LogP contribution in [0.1, 0.15) is 33.8 Å². The number of carbonyl (C=O) groups is 1. The van der Waals surface area contributed by atoms with Crippen LogP contribution >= 0.6 is 22.7 Å². The van der Waals surface area contributed by atoms with E-state index in [0.717, 1.165) is 17.7 Å². The van der Waals surface area contributed by atoms with Gasteiger partial charge in [0.15, 0.2) is 0 Å². The second kappa shape index (κ2) is 8.03. The second-order valence-corrected chi connectivity index (χ2v) is 8.10. The number of thiophene rings is 2. The van der Waals surface area contributed by atoms with E-state index < -0.39 is 0 Å². The summed E-state index contributed by atoms with van der Waals surface area (Å²) in [5, 5.41) is 10.7. The van der Waals surface area contributed by atoms with Crippen LogP contribution in [0.2, 0.25) is 0 Å². The number of hydrogen-bond acceptors (Lipinski definition) is 5. The van der Waals surface area contributed by atoms with Gasteiger partial charge in [-0.05, 0) is 29.0 Å². The first kappa shape index (κ1) is 17.3. The molecule has 4 nitrogen and oxygen atoms in total. The molecule has 1 unspecified atom stereocenters. The van der Waals surface area contributed by atoms with Gasteiger partial charge in [-0.15, -0.1) is 22.7 Å². The van der Waals surface area contributed by atoms with Crippen LogP contribution in [0, 0.1) is 0 Å². The zero-order valence-electron chi connectivity index (χ0n) is 14.2. The maximum absolute atomic E-state index is 12.6. The Balaban J connectivity index is 1.41. The highest BCUT2D eigenvalue weighted by Gasteiger charge is 2.23. The van der Waals surface area contributed by atoms with E-state index in [1.807, 2.05) is 36.4 Å². The van der Waals surface area contributed by atoms with Crippen molar-refractivity contribution in [3.05, 3.63) is 74.6 Å². The number of rotatable bonds is 6. The van der Waals surface area contributed by atoms with Gasteiger partial charge in [0.2, 0.25) is 5.91 Å². The van der Waals surface area contributed by atoms with Gasteiger partial charge < -0.3 is 10.1 Å². The summed E-state index contributed by atoms with van der Waals surface area (Å²) >= 11 is 3.41. The molecule has 1 aromatic carbocycles.